The zero-order valence-electron chi connectivity index (χ0n) is 24.5. The minimum atomic E-state index is -0.390. The highest BCUT2D eigenvalue weighted by atomic mass is 16.5. The number of esters is 2. The first-order valence-corrected chi connectivity index (χ1v) is 14.9. The van der Waals surface area contributed by atoms with Gasteiger partial charge < -0.3 is 9.47 Å². The van der Waals surface area contributed by atoms with Gasteiger partial charge in [-0.1, -0.05) is 88.8 Å². The van der Waals surface area contributed by atoms with Crippen molar-refractivity contribution >= 4 is 11.9 Å². The van der Waals surface area contributed by atoms with Crippen molar-refractivity contribution in [1.29, 1.82) is 0 Å². The Morgan fingerprint density at radius 2 is 1.02 bits per heavy atom. The number of rotatable bonds is 16. The summed E-state index contributed by atoms with van der Waals surface area (Å²) in [5, 5.41) is 0. The number of ether oxygens (including phenoxy) is 2. The van der Waals surface area contributed by atoms with Crippen LogP contribution < -0.4 is 0 Å². The molecular formula is C34H44N2O4. The quantitative estimate of drug-likeness (QED) is 0.132. The molecule has 40 heavy (non-hydrogen) atoms. The molecule has 6 heteroatoms. The molecule has 0 radical (unpaired) electrons. The second-order valence-corrected chi connectivity index (χ2v) is 10.6. The lowest BCUT2D eigenvalue weighted by Crippen LogP contribution is -2.15. The first-order valence-electron chi connectivity index (χ1n) is 14.9. The highest BCUT2D eigenvalue weighted by Crippen LogP contribution is 2.24. The Balaban J connectivity index is 1.53. The Morgan fingerprint density at radius 1 is 0.600 bits per heavy atom. The van der Waals surface area contributed by atoms with Crippen LogP contribution in [0.4, 0.5) is 0 Å². The minimum Gasteiger partial charge on any atom is -0.459 e. The molecule has 0 amide bonds. The summed E-state index contributed by atoms with van der Waals surface area (Å²) in [7, 11) is 0. The number of hydrogen-bond donors (Lipinski definition) is 0. The summed E-state index contributed by atoms with van der Waals surface area (Å²) in [6.07, 6.45) is 13.9. The third-order valence-corrected chi connectivity index (χ3v) is 7.03. The van der Waals surface area contributed by atoms with Crippen LogP contribution in [0.2, 0.25) is 0 Å². The van der Waals surface area contributed by atoms with Crippen molar-refractivity contribution in [2.75, 3.05) is 0 Å². The molecule has 0 bridgehead atoms. The van der Waals surface area contributed by atoms with E-state index in [1.54, 1.807) is 0 Å². The first kappa shape index (κ1) is 31.0. The lowest BCUT2D eigenvalue weighted by atomic mass is 10.0. The van der Waals surface area contributed by atoms with Crippen molar-refractivity contribution in [1.82, 2.24) is 9.97 Å². The number of hydrogen-bond acceptors (Lipinski definition) is 6. The molecule has 0 unspecified atom stereocenters. The predicted molar refractivity (Wildman–Crippen MR) is 160 cm³/mol. The Morgan fingerprint density at radius 3 is 1.50 bits per heavy atom. The van der Waals surface area contributed by atoms with Crippen LogP contribution >= 0.6 is 0 Å². The second kappa shape index (κ2) is 16.5. The molecule has 6 nitrogen and oxygen atoms in total. The molecule has 3 aromatic rings. The SMILES string of the molecule is CCCCCC[C@H](C)OC(=O)c1ccc(-c2ccc(-c3ncc(C(=O)O[C@@H](C)CCCCCC)cn3)cc2)cc1. The van der Waals surface area contributed by atoms with Gasteiger partial charge in [-0.05, 0) is 62.8 Å². The van der Waals surface area contributed by atoms with E-state index in [1.165, 1.54) is 44.5 Å². The van der Waals surface area contributed by atoms with Gasteiger partial charge in [0.05, 0.1) is 23.3 Å². The van der Waals surface area contributed by atoms with Crippen molar-refractivity contribution in [3.8, 4) is 22.5 Å². The third kappa shape index (κ3) is 9.89. The smallest absolute Gasteiger partial charge is 0.341 e. The summed E-state index contributed by atoms with van der Waals surface area (Å²) in [4.78, 5) is 33.7. The van der Waals surface area contributed by atoms with Gasteiger partial charge in [0.1, 0.15) is 0 Å². The molecule has 0 aliphatic carbocycles. The van der Waals surface area contributed by atoms with Gasteiger partial charge in [-0.25, -0.2) is 19.6 Å². The fourth-order valence-corrected chi connectivity index (χ4v) is 4.53. The molecule has 0 aliphatic rings. The van der Waals surface area contributed by atoms with E-state index in [1.807, 2.05) is 62.4 Å². The molecule has 3 rings (SSSR count). The summed E-state index contributed by atoms with van der Waals surface area (Å²) in [5.74, 6) is -0.132. The van der Waals surface area contributed by atoms with Crippen molar-refractivity contribution in [3.63, 3.8) is 0 Å². The Bertz CT molecular complexity index is 1080. The van der Waals surface area contributed by atoms with Crippen LogP contribution in [0, 0.1) is 0 Å². The number of benzene rings is 2. The van der Waals surface area contributed by atoms with Crippen LogP contribution in [0.1, 0.15) is 113 Å². The van der Waals surface area contributed by atoms with Gasteiger partial charge in [0.25, 0.3) is 0 Å². The van der Waals surface area contributed by atoms with E-state index in [4.69, 9.17) is 9.47 Å². The van der Waals surface area contributed by atoms with E-state index in [0.717, 1.165) is 48.8 Å². The lowest BCUT2D eigenvalue weighted by Gasteiger charge is -2.13. The normalized spacial score (nSPS) is 12.5. The second-order valence-electron chi connectivity index (χ2n) is 10.6. The molecule has 0 aliphatic heterocycles. The molecule has 1 heterocycles. The Hall–Kier alpha value is -3.54. The standard InChI is InChI=1S/C34H44N2O4/c1-5-7-9-11-13-25(3)39-33(37)30-21-17-28(18-22-30)27-15-19-29(20-16-27)32-35-23-31(24-36-32)34(38)40-26(4)14-12-10-8-6-2/h15-26H,5-14H2,1-4H3/t25-,26-/m0/s1. The fourth-order valence-electron chi connectivity index (χ4n) is 4.53. The Kier molecular flexibility index (Phi) is 12.8. The maximum absolute atomic E-state index is 12.5. The molecule has 0 saturated carbocycles. The van der Waals surface area contributed by atoms with Gasteiger partial charge in [-0.2, -0.15) is 0 Å². The van der Waals surface area contributed by atoms with Gasteiger partial charge in [-0.3, -0.25) is 0 Å². The summed E-state index contributed by atoms with van der Waals surface area (Å²) < 4.78 is 11.2. The highest BCUT2D eigenvalue weighted by molar-refractivity contribution is 5.90. The van der Waals surface area contributed by atoms with Gasteiger partial charge in [0.15, 0.2) is 5.82 Å². The van der Waals surface area contributed by atoms with Gasteiger partial charge in [0.2, 0.25) is 0 Å². The van der Waals surface area contributed by atoms with Crippen molar-refractivity contribution in [3.05, 3.63) is 72.1 Å². The van der Waals surface area contributed by atoms with Crippen LogP contribution in [-0.4, -0.2) is 34.1 Å². The average molecular weight is 545 g/mol. The minimum absolute atomic E-state index is 0.0811. The lowest BCUT2D eigenvalue weighted by molar-refractivity contribution is 0.0308. The number of carbonyl (C=O) groups is 2. The zero-order valence-corrected chi connectivity index (χ0v) is 24.5. The molecule has 2 aromatic carbocycles. The van der Waals surface area contributed by atoms with Crippen molar-refractivity contribution in [2.24, 2.45) is 0 Å². The van der Waals surface area contributed by atoms with Crippen LogP contribution in [0.15, 0.2) is 60.9 Å². The van der Waals surface area contributed by atoms with Gasteiger partial charge in [-0.15, -0.1) is 0 Å². The molecule has 0 N–H and O–H groups in total. The molecule has 0 fully saturated rings. The number of aromatic nitrogens is 2. The molecular weight excluding hydrogens is 500 g/mol. The fraction of sp³-hybridized carbons (Fsp3) is 0.471. The molecule has 1 aromatic heterocycles. The maximum atomic E-state index is 12.5. The average Bonchev–Trinajstić information content (AvgIpc) is 2.98. The van der Waals surface area contributed by atoms with Crippen LogP contribution in [0.5, 0.6) is 0 Å². The van der Waals surface area contributed by atoms with Crippen LogP contribution in [0.3, 0.4) is 0 Å². The van der Waals surface area contributed by atoms with E-state index in [-0.39, 0.29) is 18.2 Å². The zero-order chi connectivity index (χ0) is 28.7. The molecule has 0 spiro atoms. The number of nitrogens with zero attached hydrogens (tertiary/aromatic N) is 2. The molecule has 214 valence electrons. The van der Waals surface area contributed by atoms with Gasteiger partial charge >= 0.3 is 11.9 Å². The number of unbranched alkanes of at least 4 members (excludes halogenated alkanes) is 6. The predicted octanol–water partition coefficient (Wildman–Crippen LogP) is 8.84. The van der Waals surface area contributed by atoms with E-state index in [9.17, 15) is 9.59 Å². The van der Waals surface area contributed by atoms with E-state index in [0.29, 0.717) is 17.0 Å². The first-order chi connectivity index (χ1) is 19.4. The largest absolute Gasteiger partial charge is 0.459 e. The molecule has 0 saturated heterocycles. The summed E-state index contributed by atoms with van der Waals surface area (Å²) in [6, 6.07) is 15.4. The van der Waals surface area contributed by atoms with E-state index in [2.05, 4.69) is 23.8 Å². The van der Waals surface area contributed by atoms with Crippen LogP contribution in [-0.2, 0) is 9.47 Å². The third-order valence-electron chi connectivity index (χ3n) is 7.03. The van der Waals surface area contributed by atoms with Crippen molar-refractivity contribution in [2.45, 2.75) is 104 Å². The van der Waals surface area contributed by atoms with Gasteiger partial charge in [0, 0.05) is 18.0 Å². The maximum Gasteiger partial charge on any atom is 0.341 e. The highest BCUT2D eigenvalue weighted by Gasteiger charge is 2.14. The number of carbonyl (C=O) groups excluding carboxylic acids is 2. The monoisotopic (exact) mass is 544 g/mol. The van der Waals surface area contributed by atoms with Crippen LogP contribution in [0.25, 0.3) is 22.5 Å². The van der Waals surface area contributed by atoms with E-state index < -0.39 is 5.97 Å². The van der Waals surface area contributed by atoms with E-state index >= 15 is 0 Å². The molecule has 2 atom stereocenters. The Labute approximate surface area is 239 Å². The van der Waals surface area contributed by atoms with Crippen molar-refractivity contribution < 1.29 is 19.1 Å². The summed E-state index contributed by atoms with van der Waals surface area (Å²) in [6.45, 7) is 8.25. The summed E-state index contributed by atoms with van der Waals surface area (Å²) in [5.41, 5.74) is 3.77. The summed E-state index contributed by atoms with van der Waals surface area (Å²) >= 11 is 0. The topological polar surface area (TPSA) is 78.4 Å².